The van der Waals surface area contributed by atoms with Gasteiger partial charge in [-0.05, 0) is 25.5 Å². The van der Waals surface area contributed by atoms with Gasteiger partial charge in [-0.25, -0.2) is 9.59 Å². The lowest BCUT2D eigenvalue weighted by atomic mass is 10.0. The molecule has 0 aliphatic carbocycles. The molecule has 0 fully saturated rings. The van der Waals surface area contributed by atoms with Crippen molar-refractivity contribution in [1.82, 2.24) is 0 Å². The number of carbonyl (C=O) groups is 3. The monoisotopic (exact) mass is 468 g/mol. The number of nitro groups is 1. The van der Waals surface area contributed by atoms with Gasteiger partial charge in [0.25, 0.3) is 11.6 Å². The molecule has 1 amide bonds. The van der Waals surface area contributed by atoms with Gasteiger partial charge in [0.2, 0.25) is 0 Å². The molecule has 0 saturated carbocycles. The van der Waals surface area contributed by atoms with Crippen LogP contribution < -0.4 is 5.32 Å². The Morgan fingerprint density at radius 1 is 1.06 bits per heavy atom. The molecule has 10 heteroatoms. The smallest absolute Gasteiger partial charge is 0.345 e. The zero-order valence-corrected chi connectivity index (χ0v) is 18.6. The van der Waals surface area contributed by atoms with E-state index in [1.165, 1.54) is 31.2 Å². The summed E-state index contributed by atoms with van der Waals surface area (Å²) in [6.45, 7) is 3.16. The van der Waals surface area contributed by atoms with Crippen LogP contribution in [0.2, 0.25) is 0 Å². The maximum atomic E-state index is 12.7. The lowest BCUT2D eigenvalue weighted by molar-refractivity contribution is -0.385. The minimum absolute atomic E-state index is 0.153. The highest BCUT2D eigenvalue weighted by atomic mass is 32.1. The SMILES string of the molecule is CCOC(=O)c1c(-c2ccccc2)csc1NC(=O)C(C)OC(=O)c1ccccc1[N+](=O)[O-]. The van der Waals surface area contributed by atoms with Crippen LogP contribution in [0.15, 0.2) is 60.0 Å². The fourth-order valence-electron chi connectivity index (χ4n) is 2.98. The van der Waals surface area contributed by atoms with Crippen molar-refractivity contribution < 1.29 is 28.8 Å². The number of rotatable bonds is 8. The van der Waals surface area contributed by atoms with Crippen LogP contribution >= 0.6 is 11.3 Å². The van der Waals surface area contributed by atoms with Crippen LogP contribution in [0.3, 0.4) is 0 Å². The summed E-state index contributed by atoms with van der Waals surface area (Å²) in [5.74, 6) is -2.31. The number of benzene rings is 2. The number of anilines is 1. The molecular weight excluding hydrogens is 448 g/mol. The van der Waals surface area contributed by atoms with Gasteiger partial charge >= 0.3 is 11.9 Å². The molecule has 170 valence electrons. The Hall–Kier alpha value is -4.05. The molecule has 9 nitrogen and oxygen atoms in total. The second-order valence-corrected chi connectivity index (χ2v) is 7.63. The first-order valence-electron chi connectivity index (χ1n) is 9.92. The summed E-state index contributed by atoms with van der Waals surface area (Å²) in [5, 5.41) is 15.7. The van der Waals surface area contributed by atoms with Gasteiger partial charge < -0.3 is 14.8 Å². The molecule has 3 rings (SSSR count). The van der Waals surface area contributed by atoms with Gasteiger partial charge in [0.15, 0.2) is 6.10 Å². The van der Waals surface area contributed by atoms with Crippen LogP contribution in [0.1, 0.15) is 34.6 Å². The van der Waals surface area contributed by atoms with Crippen LogP contribution in [0.25, 0.3) is 11.1 Å². The van der Waals surface area contributed by atoms with E-state index in [1.807, 2.05) is 30.3 Å². The zero-order valence-electron chi connectivity index (χ0n) is 17.8. The van der Waals surface area contributed by atoms with E-state index < -0.39 is 34.6 Å². The Labute approximate surface area is 193 Å². The normalized spacial score (nSPS) is 11.3. The summed E-state index contributed by atoms with van der Waals surface area (Å²) in [7, 11) is 0. The molecule has 0 aliphatic heterocycles. The average Bonchev–Trinajstić information content (AvgIpc) is 3.23. The van der Waals surface area contributed by atoms with E-state index in [1.54, 1.807) is 12.3 Å². The number of thiophene rings is 1. The Morgan fingerprint density at radius 2 is 1.73 bits per heavy atom. The van der Waals surface area contributed by atoms with Crippen molar-refractivity contribution in [2.75, 3.05) is 11.9 Å². The minimum Gasteiger partial charge on any atom is -0.462 e. The number of ether oxygens (including phenoxy) is 2. The Balaban J connectivity index is 1.81. The molecule has 1 aromatic heterocycles. The first kappa shape index (κ1) is 23.6. The molecule has 1 heterocycles. The van der Waals surface area contributed by atoms with Crippen molar-refractivity contribution in [3.05, 3.63) is 81.2 Å². The van der Waals surface area contributed by atoms with Crippen molar-refractivity contribution >= 4 is 39.9 Å². The van der Waals surface area contributed by atoms with Gasteiger partial charge in [0.05, 0.1) is 11.5 Å². The van der Waals surface area contributed by atoms with Crippen LogP contribution in [-0.4, -0.2) is 35.5 Å². The van der Waals surface area contributed by atoms with E-state index in [2.05, 4.69) is 5.32 Å². The van der Waals surface area contributed by atoms with Crippen LogP contribution in [0.4, 0.5) is 10.7 Å². The molecule has 0 bridgehead atoms. The van der Waals surface area contributed by atoms with Gasteiger partial charge in [-0.2, -0.15) is 0 Å². The van der Waals surface area contributed by atoms with Gasteiger partial charge in [-0.15, -0.1) is 11.3 Å². The molecular formula is C23H20N2O7S. The van der Waals surface area contributed by atoms with Crippen molar-refractivity contribution in [2.45, 2.75) is 20.0 Å². The highest BCUT2D eigenvalue weighted by Crippen LogP contribution is 2.36. The Bertz CT molecular complexity index is 1190. The van der Waals surface area contributed by atoms with Crippen LogP contribution in [-0.2, 0) is 14.3 Å². The Kier molecular flexibility index (Phi) is 7.52. The molecule has 0 radical (unpaired) electrons. The van der Waals surface area contributed by atoms with E-state index in [-0.39, 0.29) is 22.7 Å². The van der Waals surface area contributed by atoms with Gasteiger partial charge in [0.1, 0.15) is 16.1 Å². The second kappa shape index (κ2) is 10.5. The number of amides is 1. The van der Waals surface area contributed by atoms with E-state index >= 15 is 0 Å². The molecule has 1 unspecified atom stereocenters. The summed E-state index contributed by atoms with van der Waals surface area (Å²) in [5.41, 5.74) is 0.869. The fourth-order valence-corrected chi connectivity index (χ4v) is 3.94. The number of carbonyl (C=O) groups excluding carboxylic acids is 3. The largest absolute Gasteiger partial charge is 0.462 e. The standard InChI is InChI=1S/C23H20N2O7S/c1-3-31-23(28)19-17(15-9-5-4-6-10-15)13-33-21(19)24-20(26)14(2)32-22(27)16-11-7-8-12-18(16)25(29)30/h4-14H,3H2,1-2H3,(H,24,26). The van der Waals surface area contributed by atoms with E-state index in [4.69, 9.17) is 9.47 Å². The molecule has 2 aromatic carbocycles. The molecule has 0 aliphatic rings. The lowest BCUT2D eigenvalue weighted by Crippen LogP contribution is -2.30. The first-order chi connectivity index (χ1) is 15.8. The van der Waals surface area contributed by atoms with Crippen molar-refractivity contribution in [1.29, 1.82) is 0 Å². The second-order valence-electron chi connectivity index (χ2n) is 6.75. The third-order valence-corrected chi connectivity index (χ3v) is 5.46. The predicted octanol–water partition coefficient (Wildman–Crippen LogP) is 4.68. The minimum atomic E-state index is -1.28. The maximum Gasteiger partial charge on any atom is 0.345 e. The molecule has 3 aromatic rings. The topological polar surface area (TPSA) is 125 Å². The number of hydrogen-bond acceptors (Lipinski definition) is 8. The number of nitrogens with one attached hydrogen (secondary N) is 1. The highest BCUT2D eigenvalue weighted by molar-refractivity contribution is 7.15. The van der Waals surface area contributed by atoms with E-state index in [0.29, 0.717) is 5.56 Å². The molecule has 0 spiro atoms. The third-order valence-electron chi connectivity index (χ3n) is 4.57. The van der Waals surface area contributed by atoms with Crippen molar-refractivity contribution in [2.24, 2.45) is 0 Å². The van der Waals surface area contributed by atoms with Crippen LogP contribution in [0, 0.1) is 10.1 Å². The zero-order chi connectivity index (χ0) is 24.0. The van der Waals surface area contributed by atoms with Gasteiger partial charge in [-0.3, -0.25) is 14.9 Å². The van der Waals surface area contributed by atoms with Gasteiger partial charge in [0, 0.05) is 17.0 Å². The molecule has 33 heavy (non-hydrogen) atoms. The summed E-state index contributed by atoms with van der Waals surface area (Å²) in [4.78, 5) is 48.2. The summed E-state index contributed by atoms with van der Waals surface area (Å²) < 4.78 is 10.3. The maximum absolute atomic E-state index is 12.7. The van der Waals surface area contributed by atoms with Gasteiger partial charge in [-0.1, -0.05) is 42.5 Å². The molecule has 1 atom stereocenters. The third kappa shape index (κ3) is 5.42. The fraction of sp³-hybridized carbons (Fsp3) is 0.174. The number of nitro benzene ring substituents is 1. The van der Waals surface area contributed by atoms with E-state index in [9.17, 15) is 24.5 Å². The van der Waals surface area contributed by atoms with Crippen molar-refractivity contribution in [3.8, 4) is 11.1 Å². The number of hydrogen-bond donors (Lipinski definition) is 1. The van der Waals surface area contributed by atoms with Crippen molar-refractivity contribution in [3.63, 3.8) is 0 Å². The highest BCUT2D eigenvalue weighted by Gasteiger charge is 2.27. The number of esters is 2. The average molecular weight is 468 g/mol. The number of para-hydroxylation sites is 1. The summed E-state index contributed by atoms with van der Waals surface area (Å²) >= 11 is 1.13. The summed E-state index contributed by atoms with van der Waals surface area (Å²) in [6, 6.07) is 14.4. The number of nitrogens with zero attached hydrogens (tertiary/aromatic N) is 1. The van der Waals surface area contributed by atoms with E-state index in [0.717, 1.165) is 16.9 Å². The van der Waals surface area contributed by atoms with Crippen LogP contribution in [0.5, 0.6) is 0 Å². The lowest BCUT2D eigenvalue weighted by Gasteiger charge is -2.14. The molecule has 1 N–H and O–H groups in total. The summed E-state index contributed by atoms with van der Waals surface area (Å²) in [6.07, 6.45) is -1.28. The Morgan fingerprint density at radius 3 is 2.39 bits per heavy atom. The molecule has 0 saturated heterocycles. The predicted molar refractivity (Wildman–Crippen MR) is 122 cm³/mol. The quantitative estimate of drug-likeness (QED) is 0.289. The first-order valence-corrected chi connectivity index (χ1v) is 10.8.